The Morgan fingerprint density at radius 3 is 2.90 bits per heavy atom. The molecule has 0 aliphatic carbocycles. The van der Waals surface area contributed by atoms with Gasteiger partial charge >= 0.3 is 0 Å². The van der Waals surface area contributed by atoms with E-state index < -0.39 is 0 Å². The molecule has 29 heavy (non-hydrogen) atoms. The van der Waals surface area contributed by atoms with Gasteiger partial charge in [0.15, 0.2) is 0 Å². The third kappa shape index (κ3) is 4.94. The zero-order chi connectivity index (χ0) is 20.1. The molecule has 6 heteroatoms. The van der Waals surface area contributed by atoms with Gasteiger partial charge in [0.05, 0.1) is 11.9 Å². The standard InChI is InChI=1S/C23H24ClN5/c24-23-17(6-5-16-7-9-26-10-8-16)12-20(15-29-23)27-14-19(25)11-18-13-28-22-4-2-1-3-21(18)22/h1-10,12,15,18-19,27-28H,11,13-14,25H2/b6-5+/t18?,19-/m0/s1. The fourth-order valence-electron chi connectivity index (χ4n) is 3.60. The van der Waals surface area contributed by atoms with Gasteiger partial charge in [-0.15, -0.1) is 0 Å². The lowest BCUT2D eigenvalue weighted by atomic mass is 9.94. The lowest BCUT2D eigenvalue weighted by Gasteiger charge is -2.18. The van der Waals surface area contributed by atoms with Crippen LogP contribution in [0.4, 0.5) is 11.4 Å². The Hall–Kier alpha value is -2.89. The second-order valence-corrected chi connectivity index (χ2v) is 7.62. The molecular weight excluding hydrogens is 382 g/mol. The van der Waals surface area contributed by atoms with Gasteiger partial charge in [-0.25, -0.2) is 4.98 Å². The number of nitrogens with one attached hydrogen (secondary N) is 2. The second-order valence-electron chi connectivity index (χ2n) is 7.26. The number of fused-ring (bicyclic) bond motifs is 1. The first-order valence-corrected chi connectivity index (χ1v) is 10.1. The summed E-state index contributed by atoms with van der Waals surface area (Å²) in [5, 5.41) is 7.33. The number of nitrogens with zero attached hydrogens (tertiary/aromatic N) is 2. The van der Waals surface area contributed by atoms with E-state index in [1.54, 1.807) is 18.6 Å². The number of hydrogen-bond donors (Lipinski definition) is 3. The molecule has 1 unspecified atom stereocenters. The van der Waals surface area contributed by atoms with Crippen molar-refractivity contribution in [1.29, 1.82) is 0 Å². The number of para-hydroxylation sites is 1. The molecule has 3 aromatic rings. The monoisotopic (exact) mass is 405 g/mol. The minimum atomic E-state index is 0.0412. The average molecular weight is 406 g/mol. The van der Waals surface area contributed by atoms with Crippen LogP contribution in [-0.2, 0) is 0 Å². The maximum absolute atomic E-state index is 6.40. The number of rotatable bonds is 7. The van der Waals surface area contributed by atoms with Crippen molar-refractivity contribution in [3.05, 3.63) is 82.9 Å². The zero-order valence-corrected chi connectivity index (χ0v) is 16.8. The van der Waals surface area contributed by atoms with Crippen LogP contribution in [0, 0.1) is 0 Å². The summed E-state index contributed by atoms with van der Waals surface area (Å²) in [5.74, 6) is 0.449. The first kappa shape index (κ1) is 19.4. The van der Waals surface area contributed by atoms with Crippen LogP contribution >= 0.6 is 11.6 Å². The molecule has 148 valence electrons. The number of aromatic nitrogens is 2. The van der Waals surface area contributed by atoms with Gasteiger partial charge < -0.3 is 16.4 Å². The molecule has 1 aromatic carbocycles. The Morgan fingerprint density at radius 2 is 2.03 bits per heavy atom. The van der Waals surface area contributed by atoms with Crippen LogP contribution < -0.4 is 16.4 Å². The minimum absolute atomic E-state index is 0.0412. The van der Waals surface area contributed by atoms with Crippen LogP contribution in [-0.4, -0.2) is 29.1 Å². The molecule has 2 atom stereocenters. The highest BCUT2D eigenvalue weighted by Crippen LogP contribution is 2.33. The predicted octanol–water partition coefficient (Wildman–Crippen LogP) is 4.64. The molecule has 0 saturated carbocycles. The summed E-state index contributed by atoms with van der Waals surface area (Å²) < 4.78 is 0. The molecule has 5 nitrogen and oxygen atoms in total. The topological polar surface area (TPSA) is 75.9 Å². The van der Waals surface area contributed by atoms with E-state index in [1.807, 2.05) is 30.4 Å². The van der Waals surface area contributed by atoms with Crippen molar-refractivity contribution in [1.82, 2.24) is 9.97 Å². The molecule has 4 N–H and O–H groups in total. The summed E-state index contributed by atoms with van der Waals surface area (Å²) in [6.07, 6.45) is 10.1. The molecule has 2 aromatic heterocycles. The van der Waals surface area contributed by atoms with Gasteiger partial charge in [-0.1, -0.05) is 42.0 Å². The van der Waals surface area contributed by atoms with Gasteiger partial charge in [-0.2, -0.15) is 0 Å². The number of anilines is 2. The van der Waals surface area contributed by atoms with E-state index >= 15 is 0 Å². The molecule has 0 amide bonds. The van der Waals surface area contributed by atoms with Crippen LogP contribution in [0.5, 0.6) is 0 Å². The van der Waals surface area contributed by atoms with Gasteiger partial charge in [0.25, 0.3) is 0 Å². The number of hydrogen-bond acceptors (Lipinski definition) is 5. The van der Waals surface area contributed by atoms with Crippen molar-refractivity contribution in [3.8, 4) is 0 Å². The predicted molar refractivity (Wildman–Crippen MR) is 121 cm³/mol. The summed E-state index contributed by atoms with van der Waals surface area (Å²) in [6.45, 7) is 1.62. The Kier molecular flexibility index (Phi) is 6.08. The minimum Gasteiger partial charge on any atom is -0.384 e. The fourth-order valence-corrected chi connectivity index (χ4v) is 3.77. The molecule has 0 fully saturated rings. The van der Waals surface area contributed by atoms with Gasteiger partial charge in [-0.05, 0) is 41.8 Å². The van der Waals surface area contributed by atoms with E-state index in [4.69, 9.17) is 17.3 Å². The van der Waals surface area contributed by atoms with E-state index in [-0.39, 0.29) is 6.04 Å². The normalized spacial score (nSPS) is 16.4. The first-order chi connectivity index (χ1) is 14.2. The van der Waals surface area contributed by atoms with Crippen LogP contribution in [0.2, 0.25) is 5.15 Å². The molecule has 0 radical (unpaired) electrons. The Morgan fingerprint density at radius 1 is 1.21 bits per heavy atom. The average Bonchev–Trinajstić information content (AvgIpc) is 3.16. The van der Waals surface area contributed by atoms with Crippen LogP contribution in [0.25, 0.3) is 12.2 Å². The zero-order valence-electron chi connectivity index (χ0n) is 16.1. The molecule has 3 heterocycles. The SMILES string of the molecule is N[C@H](CNc1cnc(Cl)c(/C=C/c2ccncc2)c1)CC1CNc2ccccc21. The van der Waals surface area contributed by atoms with Crippen molar-refractivity contribution >= 4 is 35.1 Å². The van der Waals surface area contributed by atoms with E-state index in [2.05, 4.69) is 44.9 Å². The molecule has 1 aliphatic rings. The summed E-state index contributed by atoms with van der Waals surface area (Å²) in [4.78, 5) is 8.31. The number of halogens is 1. The van der Waals surface area contributed by atoms with Crippen LogP contribution in [0.15, 0.2) is 61.1 Å². The maximum Gasteiger partial charge on any atom is 0.136 e. The largest absolute Gasteiger partial charge is 0.384 e. The number of nitrogens with two attached hydrogens (primary N) is 1. The number of pyridine rings is 2. The molecule has 1 aliphatic heterocycles. The van der Waals surface area contributed by atoms with Crippen molar-refractivity contribution < 1.29 is 0 Å². The highest BCUT2D eigenvalue weighted by atomic mass is 35.5. The van der Waals surface area contributed by atoms with E-state index in [1.165, 1.54) is 11.3 Å². The van der Waals surface area contributed by atoms with Gasteiger partial charge in [-0.3, -0.25) is 4.98 Å². The smallest absolute Gasteiger partial charge is 0.136 e. The van der Waals surface area contributed by atoms with Crippen molar-refractivity contribution in [2.45, 2.75) is 18.4 Å². The second kappa shape index (κ2) is 9.07. The first-order valence-electron chi connectivity index (χ1n) is 9.75. The summed E-state index contributed by atoms with van der Waals surface area (Å²) in [7, 11) is 0. The third-order valence-electron chi connectivity index (χ3n) is 5.12. The van der Waals surface area contributed by atoms with Crippen molar-refractivity contribution in [3.63, 3.8) is 0 Å². The molecule has 4 rings (SSSR count). The van der Waals surface area contributed by atoms with Crippen molar-refractivity contribution in [2.24, 2.45) is 5.73 Å². The molecule has 0 bridgehead atoms. The van der Waals surface area contributed by atoms with Crippen LogP contribution in [0.1, 0.15) is 29.0 Å². The van der Waals surface area contributed by atoms with Gasteiger partial charge in [0.2, 0.25) is 0 Å². The van der Waals surface area contributed by atoms with E-state index in [0.29, 0.717) is 17.6 Å². The van der Waals surface area contributed by atoms with Crippen molar-refractivity contribution in [2.75, 3.05) is 23.7 Å². The molecule has 0 saturated heterocycles. The third-order valence-corrected chi connectivity index (χ3v) is 5.44. The molecule has 0 spiro atoms. The van der Waals surface area contributed by atoms with Crippen LogP contribution in [0.3, 0.4) is 0 Å². The van der Waals surface area contributed by atoms with E-state index in [0.717, 1.165) is 29.8 Å². The highest BCUT2D eigenvalue weighted by Gasteiger charge is 2.23. The van der Waals surface area contributed by atoms with Gasteiger partial charge in [0.1, 0.15) is 5.15 Å². The fraction of sp³-hybridized carbons (Fsp3) is 0.217. The lowest BCUT2D eigenvalue weighted by Crippen LogP contribution is -2.31. The van der Waals surface area contributed by atoms with E-state index in [9.17, 15) is 0 Å². The Balaban J connectivity index is 1.35. The maximum atomic E-state index is 6.40. The Bertz CT molecular complexity index is 990. The summed E-state index contributed by atoms with van der Waals surface area (Å²) >= 11 is 6.25. The Labute approximate surface area is 176 Å². The molecular formula is C23H24ClN5. The quantitative estimate of drug-likeness (QED) is 0.499. The summed E-state index contributed by atoms with van der Waals surface area (Å²) in [5.41, 5.74) is 11.8. The lowest BCUT2D eigenvalue weighted by molar-refractivity contribution is 0.567. The van der Waals surface area contributed by atoms with Gasteiger partial charge in [0, 0.05) is 48.7 Å². The number of benzene rings is 1. The highest BCUT2D eigenvalue weighted by molar-refractivity contribution is 6.31. The summed E-state index contributed by atoms with van der Waals surface area (Å²) in [6, 6.07) is 14.4.